The number of rotatable bonds is 3. The highest BCUT2D eigenvalue weighted by Crippen LogP contribution is 2.15. The summed E-state index contributed by atoms with van der Waals surface area (Å²) in [4.78, 5) is 2.21. The summed E-state index contributed by atoms with van der Waals surface area (Å²) in [6.45, 7) is 3.93. The third-order valence-corrected chi connectivity index (χ3v) is 3.53. The van der Waals surface area contributed by atoms with E-state index >= 15 is 0 Å². The molecule has 1 aliphatic heterocycles. The van der Waals surface area contributed by atoms with E-state index in [1.165, 1.54) is 5.56 Å². The molecule has 0 radical (unpaired) electrons. The largest absolute Gasteiger partial charge is 0.378 e. The molecule has 0 aliphatic carbocycles. The molecule has 0 spiro atoms. The third kappa shape index (κ3) is 2.69. The van der Waals surface area contributed by atoms with Gasteiger partial charge in [-0.25, -0.2) is 5.10 Å². The van der Waals surface area contributed by atoms with Crippen LogP contribution in [0.3, 0.4) is 0 Å². The smallest absolute Gasteiger partial charge is 0.226 e. The van der Waals surface area contributed by atoms with Gasteiger partial charge in [0.1, 0.15) is 0 Å². The maximum absolute atomic E-state index is 5.37. The Bertz CT molecular complexity index is 586. The van der Waals surface area contributed by atoms with Crippen molar-refractivity contribution < 1.29 is 4.74 Å². The molecule has 100 valence electrons. The van der Waals surface area contributed by atoms with Crippen LogP contribution in [-0.2, 0) is 11.3 Å². The first-order valence-electron chi connectivity index (χ1n) is 6.36. The summed E-state index contributed by atoms with van der Waals surface area (Å²) < 4.78 is 8.07. The normalized spacial score (nSPS) is 15.7. The second kappa shape index (κ2) is 5.54. The van der Waals surface area contributed by atoms with Gasteiger partial charge in [-0.05, 0) is 17.8 Å². The summed E-state index contributed by atoms with van der Waals surface area (Å²) >= 11 is 5.33. The summed E-state index contributed by atoms with van der Waals surface area (Å²) in [7, 11) is 0. The van der Waals surface area contributed by atoms with Crippen molar-refractivity contribution in [2.45, 2.75) is 6.54 Å². The van der Waals surface area contributed by atoms with Gasteiger partial charge in [0.05, 0.1) is 19.8 Å². The monoisotopic (exact) mass is 276 g/mol. The number of hydrogen-bond acceptors (Lipinski definition) is 4. The number of aromatic amines is 1. The van der Waals surface area contributed by atoms with Gasteiger partial charge >= 0.3 is 0 Å². The van der Waals surface area contributed by atoms with Gasteiger partial charge in [0, 0.05) is 13.1 Å². The van der Waals surface area contributed by atoms with E-state index in [4.69, 9.17) is 17.0 Å². The van der Waals surface area contributed by atoms with Crippen LogP contribution >= 0.6 is 12.2 Å². The van der Waals surface area contributed by atoms with Gasteiger partial charge in [0.15, 0.2) is 4.77 Å². The number of nitrogens with zero attached hydrogens (tertiary/aromatic N) is 3. The first kappa shape index (κ1) is 12.4. The highest BCUT2D eigenvalue weighted by atomic mass is 32.1. The SMILES string of the molecule is S=c1[nH]nc(N2CCOCC2)n1Cc1ccccc1. The Morgan fingerprint density at radius 3 is 2.68 bits per heavy atom. The lowest BCUT2D eigenvalue weighted by Crippen LogP contribution is -2.38. The summed E-state index contributed by atoms with van der Waals surface area (Å²) in [6.07, 6.45) is 0. The van der Waals surface area contributed by atoms with Crippen molar-refractivity contribution in [3.8, 4) is 0 Å². The number of aromatic nitrogens is 3. The number of ether oxygens (including phenoxy) is 1. The summed E-state index contributed by atoms with van der Waals surface area (Å²) in [5.74, 6) is 0.900. The van der Waals surface area contributed by atoms with Crippen LogP contribution in [0.1, 0.15) is 5.56 Å². The van der Waals surface area contributed by atoms with Crippen LogP contribution in [0.2, 0.25) is 0 Å². The zero-order valence-electron chi connectivity index (χ0n) is 10.6. The zero-order chi connectivity index (χ0) is 13.1. The molecule has 3 rings (SSSR count). The van der Waals surface area contributed by atoms with E-state index in [1.807, 2.05) is 22.8 Å². The summed E-state index contributed by atoms with van der Waals surface area (Å²) in [6, 6.07) is 10.3. The molecule has 5 nitrogen and oxygen atoms in total. The van der Waals surface area contributed by atoms with Crippen molar-refractivity contribution >= 4 is 18.2 Å². The Hall–Kier alpha value is -1.66. The molecular weight excluding hydrogens is 260 g/mol. The molecule has 1 N–H and O–H groups in total. The van der Waals surface area contributed by atoms with E-state index in [2.05, 4.69) is 27.2 Å². The predicted octanol–water partition coefficient (Wildman–Crippen LogP) is 1.83. The highest BCUT2D eigenvalue weighted by molar-refractivity contribution is 7.71. The molecule has 0 amide bonds. The quantitative estimate of drug-likeness (QED) is 0.869. The molecule has 0 bridgehead atoms. The van der Waals surface area contributed by atoms with Crippen LogP contribution < -0.4 is 4.90 Å². The fourth-order valence-electron chi connectivity index (χ4n) is 2.22. The van der Waals surface area contributed by atoms with Gasteiger partial charge in [0.2, 0.25) is 5.95 Å². The first-order valence-corrected chi connectivity index (χ1v) is 6.77. The lowest BCUT2D eigenvalue weighted by Gasteiger charge is -2.27. The number of anilines is 1. The minimum absolute atomic E-state index is 0.658. The van der Waals surface area contributed by atoms with Crippen LogP contribution in [0, 0.1) is 4.77 Å². The van der Waals surface area contributed by atoms with E-state index in [1.54, 1.807) is 0 Å². The highest BCUT2D eigenvalue weighted by Gasteiger charge is 2.17. The fourth-order valence-corrected chi connectivity index (χ4v) is 2.41. The zero-order valence-corrected chi connectivity index (χ0v) is 11.4. The molecule has 19 heavy (non-hydrogen) atoms. The van der Waals surface area contributed by atoms with Gasteiger partial charge in [-0.2, -0.15) is 0 Å². The Balaban J connectivity index is 1.88. The van der Waals surface area contributed by atoms with Crippen molar-refractivity contribution in [3.63, 3.8) is 0 Å². The van der Waals surface area contributed by atoms with Crippen molar-refractivity contribution in [2.75, 3.05) is 31.2 Å². The number of hydrogen-bond donors (Lipinski definition) is 1. The molecule has 1 fully saturated rings. The second-order valence-electron chi connectivity index (χ2n) is 4.50. The number of benzene rings is 1. The average molecular weight is 276 g/mol. The van der Waals surface area contributed by atoms with Crippen molar-refractivity contribution in [1.82, 2.24) is 14.8 Å². The number of nitrogens with one attached hydrogen (secondary N) is 1. The minimum Gasteiger partial charge on any atom is -0.378 e. The van der Waals surface area contributed by atoms with Gasteiger partial charge in [0.25, 0.3) is 0 Å². The van der Waals surface area contributed by atoms with E-state index in [-0.39, 0.29) is 0 Å². The minimum atomic E-state index is 0.658. The molecule has 0 atom stereocenters. The fraction of sp³-hybridized carbons (Fsp3) is 0.385. The van der Waals surface area contributed by atoms with E-state index in [0.717, 1.165) is 38.8 Å². The molecule has 1 aromatic heterocycles. The molecular formula is C13H16N4OS. The van der Waals surface area contributed by atoms with E-state index in [0.29, 0.717) is 4.77 Å². The molecule has 0 unspecified atom stereocenters. The second-order valence-corrected chi connectivity index (χ2v) is 4.89. The summed E-state index contributed by atoms with van der Waals surface area (Å²) in [5.41, 5.74) is 1.22. The van der Waals surface area contributed by atoms with E-state index < -0.39 is 0 Å². The van der Waals surface area contributed by atoms with E-state index in [9.17, 15) is 0 Å². The van der Waals surface area contributed by atoms with Gasteiger partial charge in [-0.1, -0.05) is 30.3 Å². The van der Waals surface area contributed by atoms with Crippen LogP contribution in [0.5, 0.6) is 0 Å². The van der Waals surface area contributed by atoms with Crippen molar-refractivity contribution in [3.05, 3.63) is 40.7 Å². The van der Waals surface area contributed by atoms with Crippen molar-refractivity contribution in [1.29, 1.82) is 0 Å². The van der Waals surface area contributed by atoms with Crippen LogP contribution in [0.15, 0.2) is 30.3 Å². The van der Waals surface area contributed by atoms with Crippen LogP contribution in [0.25, 0.3) is 0 Å². The Morgan fingerprint density at radius 1 is 1.21 bits per heavy atom. The third-order valence-electron chi connectivity index (χ3n) is 3.22. The lowest BCUT2D eigenvalue weighted by atomic mass is 10.2. The summed E-state index contributed by atoms with van der Waals surface area (Å²) in [5, 5.41) is 7.24. The van der Waals surface area contributed by atoms with Gasteiger partial charge in [-0.3, -0.25) is 4.57 Å². The molecule has 6 heteroatoms. The molecule has 2 heterocycles. The maximum Gasteiger partial charge on any atom is 0.226 e. The average Bonchev–Trinajstić information content (AvgIpc) is 2.82. The molecule has 2 aromatic rings. The maximum atomic E-state index is 5.37. The van der Waals surface area contributed by atoms with Crippen LogP contribution in [-0.4, -0.2) is 41.1 Å². The van der Waals surface area contributed by atoms with Crippen LogP contribution in [0.4, 0.5) is 5.95 Å². The molecule has 1 aliphatic rings. The number of morpholine rings is 1. The molecule has 1 aromatic carbocycles. The molecule has 0 saturated carbocycles. The Morgan fingerprint density at radius 2 is 1.95 bits per heavy atom. The Kier molecular flexibility index (Phi) is 3.61. The standard InChI is InChI=1S/C13H16N4OS/c19-13-15-14-12(16-6-8-18-9-7-16)17(13)10-11-4-2-1-3-5-11/h1-5H,6-10H2,(H,15,19). The van der Waals surface area contributed by atoms with Gasteiger partial charge < -0.3 is 9.64 Å². The number of H-pyrrole nitrogens is 1. The lowest BCUT2D eigenvalue weighted by molar-refractivity contribution is 0.121. The topological polar surface area (TPSA) is 46.1 Å². The predicted molar refractivity (Wildman–Crippen MR) is 76.0 cm³/mol. The first-order chi connectivity index (χ1) is 9.34. The Labute approximate surface area is 116 Å². The van der Waals surface area contributed by atoms with Crippen molar-refractivity contribution in [2.24, 2.45) is 0 Å². The van der Waals surface area contributed by atoms with Gasteiger partial charge in [-0.15, -0.1) is 5.10 Å². The molecule has 1 saturated heterocycles.